The summed E-state index contributed by atoms with van der Waals surface area (Å²) in [5.41, 5.74) is 0.201. The minimum Gasteiger partial charge on any atom is -0.493 e. The summed E-state index contributed by atoms with van der Waals surface area (Å²) in [5.74, 6) is -0.0824. The third-order valence-electron chi connectivity index (χ3n) is 2.72. The Morgan fingerprint density at radius 2 is 1.71 bits per heavy atom. The van der Waals surface area contributed by atoms with Crippen molar-refractivity contribution in [2.45, 2.75) is 4.90 Å². The number of hydrogen-bond acceptors (Lipinski definition) is 3. The van der Waals surface area contributed by atoms with Crippen molar-refractivity contribution in [1.29, 1.82) is 0 Å². The van der Waals surface area contributed by atoms with Crippen LogP contribution in [0.5, 0.6) is 5.75 Å². The van der Waals surface area contributed by atoms with E-state index >= 15 is 0 Å². The van der Waals surface area contributed by atoms with E-state index in [-0.39, 0.29) is 12.2 Å². The highest BCUT2D eigenvalue weighted by atomic mass is 35.5. The summed E-state index contributed by atoms with van der Waals surface area (Å²) in [6.45, 7) is 0.279. The molecule has 110 valence electrons. The molecule has 0 amide bonds. The van der Waals surface area contributed by atoms with E-state index in [9.17, 15) is 9.00 Å². The minimum atomic E-state index is -1.15. The van der Waals surface area contributed by atoms with Crippen LogP contribution >= 0.6 is 11.6 Å². The van der Waals surface area contributed by atoms with Crippen LogP contribution in [-0.4, -0.2) is 27.6 Å². The molecule has 4 nitrogen and oxygen atoms in total. The number of benzene rings is 2. The normalized spacial score (nSPS) is 11.9. The Morgan fingerprint density at radius 3 is 2.29 bits per heavy atom. The summed E-state index contributed by atoms with van der Waals surface area (Å²) in [7, 11) is -1.15. The Bertz CT molecular complexity index is 638. The van der Waals surface area contributed by atoms with Gasteiger partial charge < -0.3 is 9.84 Å². The van der Waals surface area contributed by atoms with Crippen LogP contribution in [0.2, 0.25) is 5.02 Å². The second kappa shape index (κ2) is 7.24. The largest absolute Gasteiger partial charge is 0.493 e. The third kappa shape index (κ3) is 4.58. The maximum atomic E-state index is 12.0. The molecule has 0 saturated carbocycles. The van der Waals surface area contributed by atoms with Crippen LogP contribution in [0.1, 0.15) is 10.4 Å². The van der Waals surface area contributed by atoms with E-state index in [0.717, 1.165) is 0 Å². The first-order chi connectivity index (χ1) is 10.1. The molecule has 0 aliphatic heterocycles. The standard InChI is InChI=1S/C15H13ClO4S/c16-12-3-7-14(8-4-12)21(19)10-9-20-13-5-1-11(2-6-13)15(17)18/h1-8H,9-10H2,(H,17,18). The van der Waals surface area contributed by atoms with Gasteiger partial charge in [-0.25, -0.2) is 4.79 Å². The maximum absolute atomic E-state index is 12.0. The van der Waals surface area contributed by atoms with E-state index in [0.29, 0.717) is 21.4 Å². The van der Waals surface area contributed by atoms with Gasteiger partial charge in [0.15, 0.2) is 0 Å². The molecule has 1 N–H and O–H groups in total. The van der Waals surface area contributed by atoms with Crippen molar-refractivity contribution in [2.24, 2.45) is 0 Å². The van der Waals surface area contributed by atoms with Gasteiger partial charge in [-0.3, -0.25) is 4.21 Å². The van der Waals surface area contributed by atoms with Gasteiger partial charge in [0.2, 0.25) is 0 Å². The zero-order valence-corrected chi connectivity index (χ0v) is 12.6. The van der Waals surface area contributed by atoms with E-state index in [2.05, 4.69) is 0 Å². The van der Waals surface area contributed by atoms with Gasteiger partial charge in [0, 0.05) is 9.92 Å². The van der Waals surface area contributed by atoms with Gasteiger partial charge in [0.1, 0.15) is 12.4 Å². The van der Waals surface area contributed by atoms with Crippen molar-refractivity contribution in [1.82, 2.24) is 0 Å². The molecule has 21 heavy (non-hydrogen) atoms. The molecule has 0 aromatic heterocycles. The fourth-order valence-electron chi connectivity index (χ4n) is 1.63. The van der Waals surface area contributed by atoms with Crippen molar-refractivity contribution in [3.63, 3.8) is 0 Å². The summed E-state index contributed by atoms with van der Waals surface area (Å²) in [5, 5.41) is 9.38. The predicted octanol–water partition coefficient (Wildman–Crippen LogP) is 3.22. The number of carbonyl (C=O) groups is 1. The molecule has 0 spiro atoms. The Kier molecular flexibility index (Phi) is 5.36. The molecule has 2 aromatic rings. The first-order valence-electron chi connectivity index (χ1n) is 6.16. The molecule has 0 saturated heterocycles. The predicted molar refractivity (Wildman–Crippen MR) is 81.6 cm³/mol. The molecule has 0 fully saturated rings. The lowest BCUT2D eigenvalue weighted by atomic mass is 10.2. The van der Waals surface area contributed by atoms with Gasteiger partial charge in [0.25, 0.3) is 0 Å². The monoisotopic (exact) mass is 324 g/mol. The zero-order valence-electron chi connectivity index (χ0n) is 11.0. The lowest BCUT2D eigenvalue weighted by molar-refractivity contribution is 0.0697. The number of rotatable bonds is 6. The van der Waals surface area contributed by atoms with Crippen LogP contribution in [0.3, 0.4) is 0 Å². The summed E-state index contributed by atoms with van der Waals surface area (Å²) in [6.07, 6.45) is 0. The van der Waals surface area contributed by atoms with Crippen molar-refractivity contribution < 1.29 is 18.8 Å². The average molecular weight is 325 g/mol. The maximum Gasteiger partial charge on any atom is 0.335 e. The molecule has 2 rings (SSSR count). The Morgan fingerprint density at radius 1 is 1.10 bits per heavy atom. The highest BCUT2D eigenvalue weighted by molar-refractivity contribution is 7.85. The molecule has 2 aromatic carbocycles. The second-order valence-corrected chi connectivity index (χ2v) is 6.19. The number of halogens is 1. The van der Waals surface area contributed by atoms with Gasteiger partial charge in [-0.1, -0.05) is 11.6 Å². The van der Waals surface area contributed by atoms with Crippen LogP contribution < -0.4 is 4.74 Å². The molecule has 0 aliphatic carbocycles. The minimum absolute atomic E-state index is 0.201. The first-order valence-corrected chi connectivity index (χ1v) is 7.86. The Hall–Kier alpha value is -1.85. The number of carboxylic acids is 1. The van der Waals surface area contributed by atoms with E-state index in [4.69, 9.17) is 21.4 Å². The molecular formula is C15H13ClO4S. The molecule has 6 heteroatoms. The number of ether oxygens (including phenoxy) is 1. The van der Waals surface area contributed by atoms with Crippen molar-refractivity contribution in [2.75, 3.05) is 12.4 Å². The molecule has 0 heterocycles. The van der Waals surface area contributed by atoms with Gasteiger partial charge >= 0.3 is 5.97 Å². The van der Waals surface area contributed by atoms with Gasteiger partial charge in [-0.2, -0.15) is 0 Å². The molecule has 1 unspecified atom stereocenters. The second-order valence-electron chi connectivity index (χ2n) is 4.18. The van der Waals surface area contributed by atoms with E-state index in [1.165, 1.54) is 12.1 Å². The SMILES string of the molecule is O=C(O)c1ccc(OCCS(=O)c2ccc(Cl)cc2)cc1. The molecule has 1 atom stereocenters. The average Bonchev–Trinajstić information content (AvgIpc) is 2.48. The summed E-state index contributed by atoms with van der Waals surface area (Å²) in [4.78, 5) is 11.4. The summed E-state index contributed by atoms with van der Waals surface area (Å²) < 4.78 is 17.4. The van der Waals surface area contributed by atoms with E-state index in [1.54, 1.807) is 36.4 Å². The van der Waals surface area contributed by atoms with Gasteiger partial charge in [0.05, 0.1) is 22.1 Å². The van der Waals surface area contributed by atoms with Gasteiger partial charge in [-0.15, -0.1) is 0 Å². The van der Waals surface area contributed by atoms with Crippen molar-refractivity contribution >= 4 is 28.4 Å². The van der Waals surface area contributed by atoms with Crippen LogP contribution in [0.15, 0.2) is 53.4 Å². The van der Waals surface area contributed by atoms with Gasteiger partial charge in [-0.05, 0) is 48.5 Å². The van der Waals surface area contributed by atoms with Crippen LogP contribution in [0.4, 0.5) is 0 Å². The lowest BCUT2D eigenvalue weighted by Crippen LogP contribution is -2.08. The highest BCUT2D eigenvalue weighted by Crippen LogP contribution is 2.14. The van der Waals surface area contributed by atoms with Crippen LogP contribution in [0.25, 0.3) is 0 Å². The number of carboxylic acid groups (broad SMARTS) is 1. The fraction of sp³-hybridized carbons (Fsp3) is 0.133. The number of aromatic carboxylic acids is 1. The topological polar surface area (TPSA) is 63.6 Å². The third-order valence-corrected chi connectivity index (χ3v) is 4.30. The molecule has 0 bridgehead atoms. The Labute approximate surface area is 129 Å². The molecule has 0 aliphatic rings. The highest BCUT2D eigenvalue weighted by Gasteiger charge is 2.05. The van der Waals surface area contributed by atoms with E-state index < -0.39 is 16.8 Å². The summed E-state index contributed by atoms with van der Waals surface area (Å²) in [6, 6.07) is 12.9. The van der Waals surface area contributed by atoms with Crippen LogP contribution in [0, 0.1) is 0 Å². The molecule has 0 radical (unpaired) electrons. The quantitative estimate of drug-likeness (QED) is 0.886. The zero-order chi connectivity index (χ0) is 15.2. The van der Waals surface area contributed by atoms with Crippen molar-refractivity contribution in [3.05, 3.63) is 59.1 Å². The number of hydrogen-bond donors (Lipinski definition) is 1. The van der Waals surface area contributed by atoms with Crippen molar-refractivity contribution in [3.8, 4) is 5.75 Å². The smallest absolute Gasteiger partial charge is 0.335 e. The Balaban J connectivity index is 1.85. The molecular weight excluding hydrogens is 312 g/mol. The van der Waals surface area contributed by atoms with E-state index in [1.807, 2.05) is 0 Å². The summed E-state index contributed by atoms with van der Waals surface area (Å²) >= 11 is 5.77. The lowest BCUT2D eigenvalue weighted by Gasteiger charge is -2.06. The fourth-order valence-corrected chi connectivity index (χ4v) is 2.67. The van der Waals surface area contributed by atoms with Crippen LogP contribution in [-0.2, 0) is 10.8 Å². The first kappa shape index (κ1) is 15.5.